The third-order valence-electron chi connectivity index (χ3n) is 4.48. The van der Waals surface area contributed by atoms with Crippen molar-refractivity contribution >= 4 is 29.7 Å². The van der Waals surface area contributed by atoms with E-state index in [9.17, 15) is 14.3 Å². The average molecular weight is 305 g/mol. The maximum atomic E-state index is 13.4. The second-order valence-corrected chi connectivity index (χ2v) is 6.48. The summed E-state index contributed by atoms with van der Waals surface area (Å²) < 4.78 is 26.3. The lowest BCUT2D eigenvalue weighted by molar-refractivity contribution is 0.00578. The van der Waals surface area contributed by atoms with Crippen molar-refractivity contribution in [1.29, 1.82) is 0 Å². The smallest absolute Gasteiger partial charge is 0.464 e. The number of nitrogens with zero attached hydrogens (tertiary/aromatic N) is 1. The lowest BCUT2D eigenvalue weighted by Gasteiger charge is -2.32. The first-order valence-corrected chi connectivity index (χ1v) is 7.02. The number of carboxylic acid groups (broad SMARTS) is 1. The third kappa shape index (κ3) is 2.12. The molecule has 0 amide bonds. The first kappa shape index (κ1) is 15.1. The zero-order valence-electron chi connectivity index (χ0n) is 12.9. The summed E-state index contributed by atoms with van der Waals surface area (Å²) >= 11 is 0. The SMILES string of the molecule is CC1(C)OB(c2cc3cc(F)ccc3n2C(=O)O)OC1(C)C. The van der Waals surface area contributed by atoms with E-state index in [0.29, 0.717) is 16.5 Å². The summed E-state index contributed by atoms with van der Waals surface area (Å²) in [5.74, 6) is -0.421. The second-order valence-electron chi connectivity index (χ2n) is 6.48. The molecule has 0 atom stereocenters. The van der Waals surface area contributed by atoms with Crippen LogP contribution >= 0.6 is 0 Å². The molecule has 1 aliphatic rings. The minimum atomic E-state index is -1.16. The Hall–Kier alpha value is -1.86. The number of aromatic nitrogens is 1. The molecule has 22 heavy (non-hydrogen) atoms. The number of hydrogen-bond donors (Lipinski definition) is 1. The van der Waals surface area contributed by atoms with Gasteiger partial charge in [0.1, 0.15) is 5.82 Å². The number of carbonyl (C=O) groups is 1. The van der Waals surface area contributed by atoms with Crippen LogP contribution in [0.5, 0.6) is 0 Å². The fourth-order valence-electron chi connectivity index (χ4n) is 2.56. The number of fused-ring (bicyclic) bond motifs is 1. The Kier molecular flexibility index (Phi) is 3.13. The monoisotopic (exact) mass is 305 g/mol. The highest BCUT2D eigenvalue weighted by Crippen LogP contribution is 2.36. The average Bonchev–Trinajstić information content (AvgIpc) is 2.84. The first-order valence-electron chi connectivity index (χ1n) is 7.02. The molecule has 1 saturated heterocycles. The van der Waals surface area contributed by atoms with Crippen LogP contribution in [-0.2, 0) is 9.31 Å². The molecule has 5 nitrogen and oxygen atoms in total. The van der Waals surface area contributed by atoms with E-state index < -0.39 is 30.2 Å². The minimum absolute atomic E-state index is 0.340. The Morgan fingerprint density at radius 2 is 1.77 bits per heavy atom. The van der Waals surface area contributed by atoms with E-state index in [-0.39, 0.29) is 0 Å². The first-order chi connectivity index (χ1) is 10.1. The molecule has 0 spiro atoms. The van der Waals surface area contributed by atoms with Crippen LogP contribution < -0.4 is 5.59 Å². The molecule has 0 bridgehead atoms. The quantitative estimate of drug-likeness (QED) is 0.823. The Labute approximate surface area is 127 Å². The van der Waals surface area contributed by atoms with E-state index in [1.165, 1.54) is 18.2 Å². The van der Waals surface area contributed by atoms with Crippen LogP contribution in [0.15, 0.2) is 24.3 Å². The van der Waals surface area contributed by atoms with Gasteiger partial charge in [0.15, 0.2) is 0 Å². The van der Waals surface area contributed by atoms with Crippen LogP contribution in [-0.4, -0.2) is 34.1 Å². The topological polar surface area (TPSA) is 60.7 Å². The van der Waals surface area contributed by atoms with Crippen molar-refractivity contribution in [1.82, 2.24) is 4.57 Å². The molecule has 1 aromatic heterocycles. The molecule has 0 unspecified atom stereocenters. The molecular weight excluding hydrogens is 288 g/mol. The molecule has 1 aromatic carbocycles. The number of benzene rings is 1. The third-order valence-corrected chi connectivity index (χ3v) is 4.48. The summed E-state index contributed by atoms with van der Waals surface area (Å²) in [5, 5.41) is 9.99. The standard InChI is InChI=1S/C15H17BFNO4/c1-14(2)15(3,4)22-16(21-14)12-8-9-7-10(17)5-6-11(9)18(12)13(19)20/h5-8H,1-4H3,(H,19,20). The maximum Gasteiger partial charge on any atom is 0.513 e. The van der Waals surface area contributed by atoms with Crippen LogP contribution in [0.2, 0.25) is 0 Å². The van der Waals surface area contributed by atoms with Crippen molar-refractivity contribution < 1.29 is 23.6 Å². The molecule has 116 valence electrons. The van der Waals surface area contributed by atoms with Gasteiger partial charge in [-0.05, 0) is 52.0 Å². The van der Waals surface area contributed by atoms with Gasteiger partial charge in [-0.3, -0.25) is 4.57 Å². The van der Waals surface area contributed by atoms with Crippen molar-refractivity contribution in [3.8, 4) is 0 Å². The van der Waals surface area contributed by atoms with Gasteiger partial charge in [-0.15, -0.1) is 0 Å². The maximum absolute atomic E-state index is 13.4. The van der Waals surface area contributed by atoms with Crippen molar-refractivity contribution in [3.63, 3.8) is 0 Å². The van der Waals surface area contributed by atoms with E-state index in [2.05, 4.69) is 0 Å². The molecular formula is C15H17BFNO4. The fraction of sp³-hybridized carbons (Fsp3) is 0.400. The van der Waals surface area contributed by atoms with Gasteiger partial charge in [0.2, 0.25) is 0 Å². The predicted molar refractivity (Wildman–Crippen MR) is 81.0 cm³/mol. The van der Waals surface area contributed by atoms with Gasteiger partial charge in [0.25, 0.3) is 0 Å². The molecule has 2 aromatic rings. The van der Waals surface area contributed by atoms with Crippen molar-refractivity contribution in [2.45, 2.75) is 38.9 Å². The summed E-state index contributed by atoms with van der Waals surface area (Å²) in [6.07, 6.45) is -1.16. The Balaban J connectivity index is 2.16. The van der Waals surface area contributed by atoms with Crippen LogP contribution in [0.3, 0.4) is 0 Å². The zero-order chi connectivity index (χ0) is 16.3. The summed E-state index contributed by atoms with van der Waals surface area (Å²) in [6.45, 7) is 7.56. The Morgan fingerprint density at radius 1 is 1.18 bits per heavy atom. The van der Waals surface area contributed by atoms with Crippen molar-refractivity contribution in [2.24, 2.45) is 0 Å². The number of rotatable bonds is 1. The fourth-order valence-corrected chi connectivity index (χ4v) is 2.56. The van der Waals surface area contributed by atoms with Gasteiger partial charge in [0, 0.05) is 5.39 Å². The largest absolute Gasteiger partial charge is 0.513 e. The van der Waals surface area contributed by atoms with E-state index >= 15 is 0 Å². The molecule has 2 heterocycles. The molecule has 1 aliphatic heterocycles. The minimum Gasteiger partial charge on any atom is -0.464 e. The van der Waals surface area contributed by atoms with Gasteiger partial charge < -0.3 is 14.4 Å². The molecule has 0 aliphatic carbocycles. The van der Waals surface area contributed by atoms with Crippen LogP contribution in [0.25, 0.3) is 10.9 Å². The Bertz CT molecular complexity index is 752. The van der Waals surface area contributed by atoms with Crippen LogP contribution in [0.1, 0.15) is 27.7 Å². The van der Waals surface area contributed by atoms with Gasteiger partial charge >= 0.3 is 13.2 Å². The molecule has 1 fully saturated rings. The highest BCUT2D eigenvalue weighted by Gasteiger charge is 2.53. The summed E-state index contributed by atoms with van der Waals surface area (Å²) in [5.41, 5.74) is -0.420. The lowest BCUT2D eigenvalue weighted by atomic mass is 9.84. The lowest BCUT2D eigenvalue weighted by Crippen LogP contribution is -2.41. The summed E-state index contributed by atoms with van der Waals surface area (Å²) in [6, 6.07) is 5.56. The highest BCUT2D eigenvalue weighted by molar-refractivity contribution is 6.62. The molecule has 0 radical (unpaired) electrons. The van der Waals surface area contributed by atoms with E-state index in [1.54, 1.807) is 6.07 Å². The van der Waals surface area contributed by atoms with Gasteiger partial charge in [0.05, 0.1) is 22.3 Å². The summed E-state index contributed by atoms with van der Waals surface area (Å²) in [7, 11) is -0.823. The summed E-state index contributed by atoms with van der Waals surface area (Å²) in [4.78, 5) is 11.6. The van der Waals surface area contributed by atoms with Crippen LogP contribution in [0.4, 0.5) is 9.18 Å². The van der Waals surface area contributed by atoms with Crippen LogP contribution in [0, 0.1) is 5.82 Å². The number of hydrogen-bond acceptors (Lipinski definition) is 3. The second kappa shape index (κ2) is 4.57. The predicted octanol–water partition coefficient (Wildman–Crippen LogP) is 2.61. The van der Waals surface area contributed by atoms with Gasteiger partial charge in [-0.25, -0.2) is 9.18 Å². The van der Waals surface area contributed by atoms with Crippen molar-refractivity contribution in [2.75, 3.05) is 0 Å². The van der Waals surface area contributed by atoms with E-state index in [0.717, 1.165) is 4.57 Å². The van der Waals surface area contributed by atoms with Gasteiger partial charge in [-0.2, -0.15) is 0 Å². The molecule has 0 saturated carbocycles. The van der Waals surface area contributed by atoms with E-state index in [4.69, 9.17) is 9.31 Å². The normalized spacial score (nSPS) is 19.8. The highest BCUT2D eigenvalue weighted by atomic mass is 19.1. The zero-order valence-corrected chi connectivity index (χ0v) is 12.9. The molecule has 7 heteroatoms. The van der Waals surface area contributed by atoms with E-state index in [1.807, 2.05) is 27.7 Å². The number of halogens is 1. The molecule has 3 rings (SSSR count). The Morgan fingerprint density at radius 3 is 2.32 bits per heavy atom. The molecule has 1 N–H and O–H groups in total. The van der Waals surface area contributed by atoms with Gasteiger partial charge in [-0.1, -0.05) is 0 Å². The van der Waals surface area contributed by atoms with Crippen molar-refractivity contribution in [3.05, 3.63) is 30.1 Å².